The lowest BCUT2D eigenvalue weighted by molar-refractivity contribution is -0.139. The largest absolute Gasteiger partial charge is 0.348 e. The van der Waals surface area contributed by atoms with E-state index in [0.717, 1.165) is 11.1 Å². The predicted octanol–water partition coefficient (Wildman–Crippen LogP) is 1.70. The van der Waals surface area contributed by atoms with Gasteiger partial charge in [0.15, 0.2) is 0 Å². The van der Waals surface area contributed by atoms with Gasteiger partial charge in [-0.1, -0.05) is 60.7 Å². The summed E-state index contributed by atoms with van der Waals surface area (Å²) in [7, 11) is 0. The molecule has 114 valence electrons. The Balaban J connectivity index is 1.63. The smallest absolute Gasteiger partial charge is 0.309 e. The predicted molar refractivity (Wildman–Crippen MR) is 86.3 cm³/mol. The number of benzene rings is 2. The van der Waals surface area contributed by atoms with E-state index in [1.807, 2.05) is 60.7 Å². The van der Waals surface area contributed by atoms with Gasteiger partial charge in [-0.05, 0) is 24.0 Å². The van der Waals surface area contributed by atoms with E-state index in [2.05, 4.69) is 10.6 Å². The van der Waals surface area contributed by atoms with Crippen LogP contribution in [-0.2, 0) is 22.4 Å². The molecular formula is C18H20N2O2. The van der Waals surface area contributed by atoms with Crippen molar-refractivity contribution in [1.82, 2.24) is 10.6 Å². The molecule has 0 aromatic heterocycles. The Bertz CT molecular complexity index is 541. The van der Waals surface area contributed by atoms with Crippen molar-refractivity contribution in [3.8, 4) is 0 Å². The summed E-state index contributed by atoms with van der Waals surface area (Å²) >= 11 is 0. The highest BCUT2D eigenvalue weighted by atomic mass is 16.2. The molecule has 2 aromatic carbocycles. The topological polar surface area (TPSA) is 58.2 Å². The van der Waals surface area contributed by atoms with Crippen molar-refractivity contribution in [2.75, 3.05) is 13.1 Å². The average molecular weight is 296 g/mol. The van der Waals surface area contributed by atoms with Crippen molar-refractivity contribution in [3.63, 3.8) is 0 Å². The molecule has 4 nitrogen and oxygen atoms in total. The molecule has 0 unspecified atom stereocenters. The van der Waals surface area contributed by atoms with Crippen LogP contribution in [-0.4, -0.2) is 24.9 Å². The first-order valence-corrected chi connectivity index (χ1v) is 7.39. The van der Waals surface area contributed by atoms with E-state index >= 15 is 0 Å². The average Bonchev–Trinajstić information content (AvgIpc) is 2.56. The van der Waals surface area contributed by atoms with Gasteiger partial charge in [-0.15, -0.1) is 0 Å². The van der Waals surface area contributed by atoms with Gasteiger partial charge in [0, 0.05) is 13.1 Å². The minimum atomic E-state index is -0.580. The zero-order chi connectivity index (χ0) is 15.6. The lowest BCUT2D eigenvalue weighted by atomic mass is 10.1. The van der Waals surface area contributed by atoms with Crippen LogP contribution < -0.4 is 10.6 Å². The number of hydrogen-bond donors (Lipinski definition) is 2. The number of carbonyl (C=O) groups excluding carboxylic acids is 2. The first kappa shape index (κ1) is 15.8. The highest BCUT2D eigenvalue weighted by Crippen LogP contribution is 1.99. The molecule has 2 N–H and O–H groups in total. The summed E-state index contributed by atoms with van der Waals surface area (Å²) in [5, 5.41) is 5.26. The molecule has 2 amide bonds. The van der Waals surface area contributed by atoms with Crippen LogP contribution in [0.3, 0.4) is 0 Å². The zero-order valence-electron chi connectivity index (χ0n) is 12.4. The van der Waals surface area contributed by atoms with Gasteiger partial charge in [0.1, 0.15) is 0 Å². The van der Waals surface area contributed by atoms with Crippen LogP contribution >= 0.6 is 0 Å². The maximum absolute atomic E-state index is 11.7. The fourth-order valence-electron chi connectivity index (χ4n) is 2.09. The summed E-state index contributed by atoms with van der Waals surface area (Å²) in [6.45, 7) is 0.907. The van der Waals surface area contributed by atoms with Gasteiger partial charge >= 0.3 is 11.8 Å². The van der Waals surface area contributed by atoms with Crippen LogP contribution in [0.15, 0.2) is 60.7 Å². The maximum Gasteiger partial charge on any atom is 0.309 e. The Morgan fingerprint density at radius 3 is 1.36 bits per heavy atom. The van der Waals surface area contributed by atoms with Crippen molar-refractivity contribution < 1.29 is 9.59 Å². The Hall–Kier alpha value is -2.62. The third-order valence-corrected chi connectivity index (χ3v) is 3.29. The van der Waals surface area contributed by atoms with E-state index in [1.165, 1.54) is 0 Å². The third kappa shape index (κ3) is 5.40. The lowest BCUT2D eigenvalue weighted by Crippen LogP contribution is -2.41. The molecule has 0 bridgehead atoms. The monoisotopic (exact) mass is 296 g/mol. The Morgan fingerprint density at radius 1 is 0.636 bits per heavy atom. The Labute approximate surface area is 130 Å². The molecule has 4 heteroatoms. The number of amides is 2. The maximum atomic E-state index is 11.7. The van der Waals surface area contributed by atoms with Gasteiger partial charge in [0.05, 0.1) is 0 Å². The van der Waals surface area contributed by atoms with Crippen LogP contribution in [0.1, 0.15) is 11.1 Å². The normalized spacial score (nSPS) is 10.0. The second-order valence-electron chi connectivity index (χ2n) is 4.98. The van der Waals surface area contributed by atoms with Crippen molar-refractivity contribution in [3.05, 3.63) is 71.8 Å². The van der Waals surface area contributed by atoms with Gasteiger partial charge in [-0.25, -0.2) is 0 Å². The van der Waals surface area contributed by atoms with E-state index in [4.69, 9.17) is 0 Å². The molecular weight excluding hydrogens is 276 g/mol. The molecule has 0 fully saturated rings. The summed E-state index contributed by atoms with van der Waals surface area (Å²) < 4.78 is 0. The van der Waals surface area contributed by atoms with E-state index in [1.54, 1.807) is 0 Å². The van der Waals surface area contributed by atoms with Crippen LogP contribution in [0.25, 0.3) is 0 Å². The number of rotatable bonds is 6. The van der Waals surface area contributed by atoms with Crippen molar-refractivity contribution in [2.45, 2.75) is 12.8 Å². The molecule has 0 heterocycles. The molecule has 0 aliphatic heterocycles. The number of nitrogens with one attached hydrogen (secondary N) is 2. The van der Waals surface area contributed by atoms with Crippen LogP contribution in [0.2, 0.25) is 0 Å². The number of carbonyl (C=O) groups is 2. The summed E-state index contributed by atoms with van der Waals surface area (Å²) in [4.78, 5) is 23.3. The molecule has 0 atom stereocenters. The van der Waals surface area contributed by atoms with E-state index in [0.29, 0.717) is 25.9 Å². The fraction of sp³-hybridized carbons (Fsp3) is 0.222. The third-order valence-electron chi connectivity index (χ3n) is 3.29. The lowest BCUT2D eigenvalue weighted by Gasteiger charge is -2.07. The first-order valence-electron chi connectivity index (χ1n) is 7.39. The van der Waals surface area contributed by atoms with Gasteiger partial charge in [0.2, 0.25) is 0 Å². The van der Waals surface area contributed by atoms with Gasteiger partial charge in [-0.2, -0.15) is 0 Å². The van der Waals surface area contributed by atoms with Gasteiger partial charge in [0.25, 0.3) is 0 Å². The SMILES string of the molecule is O=C(NCCc1ccccc1)C(=O)NCCc1ccccc1. The molecule has 22 heavy (non-hydrogen) atoms. The Morgan fingerprint density at radius 2 is 1.00 bits per heavy atom. The zero-order valence-corrected chi connectivity index (χ0v) is 12.4. The van der Waals surface area contributed by atoms with Crippen LogP contribution in [0.5, 0.6) is 0 Å². The molecule has 0 spiro atoms. The number of hydrogen-bond acceptors (Lipinski definition) is 2. The van der Waals surface area contributed by atoms with E-state index < -0.39 is 11.8 Å². The van der Waals surface area contributed by atoms with Gasteiger partial charge in [-0.3, -0.25) is 9.59 Å². The highest BCUT2D eigenvalue weighted by molar-refractivity contribution is 6.35. The second-order valence-corrected chi connectivity index (χ2v) is 4.98. The molecule has 0 aliphatic carbocycles. The highest BCUT2D eigenvalue weighted by Gasteiger charge is 2.11. The first-order chi connectivity index (χ1) is 10.8. The summed E-state index contributed by atoms with van der Waals surface area (Å²) in [6, 6.07) is 19.7. The second kappa shape index (κ2) is 8.62. The summed E-state index contributed by atoms with van der Waals surface area (Å²) in [5.41, 5.74) is 2.26. The quantitative estimate of drug-likeness (QED) is 0.797. The summed E-state index contributed by atoms with van der Waals surface area (Å²) in [6.07, 6.45) is 1.42. The van der Waals surface area contributed by atoms with E-state index in [-0.39, 0.29) is 0 Å². The molecule has 0 radical (unpaired) electrons. The fourth-order valence-corrected chi connectivity index (χ4v) is 2.09. The minimum absolute atomic E-state index is 0.453. The molecule has 0 aliphatic rings. The van der Waals surface area contributed by atoms with Crippen LogP contribution in [0.4, 0.5) is 0 Å². The van der Waals surface area contributed by atoms with Crippen molar-refractivity contribution in [2.24, 2.45) is 0 Å². The molecule has 0 saturated carbocycles. The summed E-state index contributed by atoms with van der Waals surface area (Å²) in [5.74, 6) is -1.16. The minimum Gasteiger partial charge on any atom is -0.348 e. The standard InChI is InChI=1S/C18H20N2O2/c21-17(19-13-11-15-7-3-1-4-8-15)18(22)20-14-12-16-9-5-2-6-10-16/h1-10H,11-14H2,(H,19,21)(H,20,22). The van der Waals surface area contributed by atoms with Gasteiger partial charge < -0.3 is 10.6 Å². The Kier molecular flexibility index (Phi) is 6.18. The van der Waals surface area contributed by atoms with Crippen molar-refractivity contribution in [1.29, 1.82) is 0 Å². The van der Waals surface area contributed by atoms with Crippen LogP contribution in [0, 0.1) is 0 Å². The molecule has 2 rings (SSSR count). The molecule has 2 aromatic rings. The van der Waals surface area contributed by atoms with Crippen molar-refractivity contribution >= 4 is 11.8 Å². The molecule has 0 saturated heterocycles. The van der Waals surface area contributed by atoms with E-state index in [9.17, 15) is 9.59 Å².